The van der Waals surface area contributed by atoms with Crippen LogP contribution in [-0.2, 0) is 0 Å². The van der Waals surface area contributed by atoms with E-state index in [1.54, 1.807) is 0 Å². The minimum Gasteiger partial charge on any atom is -0.456 e. The maximum absolute atomic E-state index is 7.16. The van der Waals surface area contributed by atoms with Crippen LogP contribution in [-0.4, -0.2) is 0 Å². The SMILES string of the molecule is c1ccc(N(c2ccc3ccccc3c2)c2cccc3c2oc2c(-c4cccc5oc6cccc(-c7cccc8sc9ccccc9c78)c6c45)cccc23)cc1. The normalized spacial score (nSPS) is 11.9. The molecule has 0 unspecified atom stereocenters. The monoisotopic (exact) mass is 733 g/mol. The topological polar surface area (TPSA) is 29.5 Å². The van der Waals surface area contributed by atoms with E-state index < -0.39 is 0 Å². The lowest BCUT2D eigenvalue weighted by molar-refractivity contribution is 0.669. The van der Waals surface area contributed by atoms with Gasteiger partial charge < -0.3 is 13.7 Å². The van der Waals surface area contributed by atoms with E-state index in [0.29, 0.717) is 0 Å². The Morgan fingerprint density at radius 2 is 0.946 bits per heavy atom. The molecule has 0 spiro atoms. The van der Waals surface area contributed by atoms with Gasteiger partial charge in [-0.15, -0.1) is 11.3 Å². The molecule has 0 atom stereocenters. The first-order valence-electron chi connectivity index (χ1n) is 18.9. The number of furan rings is 2. The van der Waals surface area contributed by atoms with Gasteiger partial charge in [0.15, 0.2) is 5.58 Å². The van der Waals surface area contributed by atoms with Crippen molar-refractivity contribution in [3.05, 3.63) is 188 Å². The number of benzene rings is 9. The Labute approximate surface area is 325 Å². The number of hydrogen-bond acceptors (Lipinski definition) is 4. The van der Waals surface area contributed by atoms with Gasteiger partial charge in [-0.2, -0.15) is 0 Å². The Bertz CT molecular complexity index is 3500. The second kappa shape index (κ2) is 12.2. The molecule has 0 aliphatic heterocycles. The third-order valence-corrected chi connectivity index (χ3v) is 12.4. The summed E-state index contributed by atoms with van der Waals surface area (Å²) in [5.41, 5.74) is 11.0. The van der Waals surface area contributed by atoms with E-state index in [9.17, 15) is 0 Å². The quantitative estimate of drug-likeness (QED) is 0.176. The van der Waals surface area contributed by atoms with Gasteiger partial charge in [0, 0.05) is 58.7 Å². The predicted molar refractivity (Wildman–Crippen MR) is 237 cm³/mol. The Hall–Kier alpha value is -7.14. The van der Waals surface area contributed by atoms with Crippen LogP contribution < -0.4 is 4.90 Å². The first-order chi connectivity index (χ1) is 27.8. The molecule has 0 amide bonds. The van der Waals surface area contributed by atoms with E-state index in [-0.39, 0.29) is 0 Å². The number of thiophene rings is 1. The minimum atomic E-state index is 0.841. The van der Waals surface area contributed by atoms with Gasteiger partial charge in [0.2, 0.25) is 0 Å². The third kappa shape index (κ3) is 4.63. The molecule has 12 rings (SSSR count). The molecule has 0 aliphatic carbocycles. The lowest BCUT2D eigenvalue weighted by Crippen LogP contribution is -2.10. The third-order valence-electron chi connectivity index (χ3n) is 11.3. The smallest absolute Gasteiger partial charge is 0.159 e. The molecule has 3 aromatic heterocycles. The first-order valence-corrected chi connectivity index (χ1v) is 19.7. The standard InChI is InChI=1S/C52H31NO2S/c1-2-15-34(16-3-1)53(35-30-29-32-13-4-5-14-33(32)31-35)43-24-9-23-41-40-22-8-21-39(51(40)55-52(41)43)38-19-11-26-45-50(38)49-37(18-10-25-44(49)54-45)36-20-12-28-47-48(36)42-17-6-7-27-46(42)56-47/h1-31H. The van der Waals surface area contributed by atoms with Gasteiger partial charge in [-0.25, -0.2) is 0 Å². The summed E-state index contributed by atoms with van der Waals surface area (Å²) < 4.78 is 16.4. The number of anilines is 3. The number of nitrogens with zero attached hydrogens (tertiary/aromatic N) is 1. The van der Waals surface area contributed by atoms with E-state index >= 15 is 0 Å². The second-order valence-corrected chi connectivity index (χ2v) is 15.5. The predicted octanol–water partition coefficient (Wildman–Crippen LogP) is 15.8. The Kier molecular flexibility index (Phi) is 6.80. The summed E-state index contributed by atoms with van der Waals surface area (Å²) in [7, 11) is 0. The van der Waals surface area contributed by atoms with Crippen LogP contribution in [0, 0.1) is 0 Å². The van der Waals surface area contributed by atoms with Crippen molar-refractivity contribution in [3.8, 4) is 22.3 Å². The molecule has 0 radical (unpaired) electrons. The van der Waals surface area contributed by atoms with Crippen LogP contribution in [0.5, 0.6) is 0 Å². The summed E-state index contributed by atoms with van der Waals surface area (Å²) in [5, 5.41) is 9.31. The maximum atomic E-state index is 7.16. The molecule has 0 bridgehead atoms. The van der Waals surface area contributed by atoms with Gasteiger partial charge in [-0.05, 0) is 82.1 Å². The molecular weight excluding hydrogens is 703 g/mol. The van der Waals surface area contributed by atoms with E-state index in [2.05, 4.69) is 193 Å². The maximum Gasteiger partial charge on any atom is 0.159 e. The molecule has 0 saturated heterocycles. The fourth-order valence-electron chi connectivity index (χ4n) is 8.83. The molecule has 0 saturated carbocycles. The van der Waals surface area contributed by atoms with Crippen LogP contribution in [0.15, 0.2) is 197 Å². The average molecular weight is 734 g/mol. The minimum absolute atomic E-state index is 0.841. The van der Waals surface area contributed by atoms with E-state index in [4.69, 9.17) is 8.83 Å². The molecule has 4 heteroatoms. The molecule has 0 aliphatic rings. The van der Waals surface area contributed by atoms with Crippen molar-refractivity contribution in [2.75, 3.05) is 4.90 Å². The number of para-hydroxylation sites is 3. The lowest BCUT2D eigenvalue weighted by Gasteiger charge is -2.25. The second-order valence-electron chi connectivity index (χ2n) is 14.4. The van der Waals surface area contributed by atoms with Crippen LogP contribution in [0.25, 0.3) is 97.1 Å². The zero-order valence-electron chi connectivity index (χ0n) is 30.1. The summed E-state index contributed by atoms with van der Waals surface area (Å²) in [6, 6.07) is 66.9. The molecule has 56 heavy (non-hydrogen) atoms. The zero-order chi connectivity index (χ0) is 36.7. The molecule has 0 fully saturated rings. The highest BCUT2D eigenvalue weighted by molar-refractivity contribution is 7.25. The summed E-state index contributed by atoms with van der Waals surface area (Å²) in [6.45, 7) is 0. The molecule has 262 valence electrons. The van der Waals surface area contributed by atoms with Crippen molar-refractivity contribution in [3.63, 3.8) is 0 Å². The van der Waals surface area contributed by atoms with Gasteiger partial charge in [0.05, 0.1) is 5.69 Å². The van der Waals surface area contributed by atoms with E-state index in [0.717, 1.165) is 77.6 Å². The molecule has 3 heterocycles. The van der Waals surface area contributed by atoms with Crippen molar-refractivity contribution in [2.45, 2.75) is 0 Å². The van der Waals surface area contributed by atoms with Crippen LogP contribution >= 0.6 is 11.3 Å². The Morgan fingerprint density at radius 3 is 1.77 bits per heavy atom. The van der Waals surface area contributed by atoms with Crippen molar-refractivity contribution in [1.29, 1.82) is 0 Å². The van der Waals surface area contributed by atoms with Crippen molar-refractivity contribution in [2.24, 2.45) is 0 Å². The first kappa shape index (κ1) is 31.2. The van der Waals surface area contributed by atoms with Gasteiger partial charge >= 0.3 is 0 Å². The van der Waals surface area contributed by atoms with Gasteiger partial charge in [0.25, 0.3) is 0 Å². The number of rotatable bonds is 5. The average Bonchev–Trinajstić information content (AvgIpc) is 3.96. The van der Waals surface area contributed by atoms with Crippen molar-refractivity contribution < 1.29 is 8.83 Å². The van der Waals surface area contributed by atoms with Crippen molar-refractivity contribution in [1.82, 2.24) is 0 Å². The highest BCUT2D eigenvalue weighted by Gasteiger charge is 2.24. The summed E-state index contributed by atoms with van der Waals surface area (Å²) >= 11 is 1.85. The highest BCUT2D eigenvalue weighted by atomic mass is 32.1. The number of hydrogen-bond donors (Lipinski definition) is 0. The van der Waals surface area contributed by atoms with Crippen molar-refractivity contribution >= 4 is 103 Å². The molecular formula is C52H31NO2S. The summed E-state index contributed by atoms with van der Waals surface area (Å²) in [5.74, 6) is 0. The molecule has 3 nitrogen and oxygen atoms in total. The van der Waals surface area contributed by atoms with Crippen LogP contribution in [0.1, 0.15) is 0 Å². The van der Waals surface area contributed by atoms with Gasteiger partial charge in [-0.3, -0.25) is 0 Å². The molecule has 9 aromatic carbocycles. The highest BCUT2D eigenvalue weighted by Crippen LogP contribution is 2.49. The van der Waals surface area contributed by atoms with Crippen LogP contribution in [0.3, 0.4) is 0 Å². The largest absolute Gasteiger partial charge is 0.456 e. The Balaban J connectivity index is 1.11. The van der Waals surface area contributed by atoms with E-state index in [1.807, 2.05) is 11.3 Å². The summed E-state index contributed by atoms with van der Waals surface area (Å²) in [4.78, 5) is 2.31. The van der Waals surface area contributed by atoms with Crippen LogP contribution in [0.2, 0.25) is 0 Å². The zero-order valence-corrected chi connectivity index (χ0v) is 30.9. The van der Waals surface area contributed by atoms with E-state index in [1.165, 1.54) is 36.5 Å². The lowest BCUT2D eigenvalue weighted by atomic mass is 9.92. The summed E-state index contributed by atoms with van der Waals surface area (Å²) in [6.07, 6.45) is 0. The van der Waals surface area contributed by atoms with Crippen LogP contribution in [0.4, 0.5) is 17.1 Å². The molecule has 0 N–H and O–H groups in total. The van der Waals surface area contributed by atoms with Gasteiger partial charge in [-0.1, -0.05) is 133 Å². The fourth-order valence-corrected chi connectivity index (χ4v) is 9.96. The molecule has 12 aromatic rings. The fraction of sp³-hybridized carbons (Fsp3) is 0. The Morgan fingerprint density at radius 1 is 0.357 bits per heavy atom. The number of fused-ring (bicyclic) bond motifs is 10. The van der Waals surface area contributed by atoms with Gasteiger partial charge in [0.1, 0.15) is 16.7 Å².